The molecule has 2 N–H and O–H groups in total. The minimum absolute atomic E-state index is 0.139. The Morgan fingerprint density at radius 2 is 1.94 bits per heavy atom. The van der Waals surface area contributed by atoms with E-state index in [4.69, 9.17) is 5.11 Å². The number of benzene rings is 1. The zero-order valence-corrected chi connectivity index (χ0v) is 9.82. The van der Waals surface area contributed by atoms with Gasteiger partial charge in [0.1, 0.15) is 0 Å². The third-order valence-corrected chi connectivity index (χ3v) is 2.67. The average Bonchev–Trinajstić information content (AvgIpc) is 2.70. The topological polar surface area (TPSA) is 66.0 Å². The molecule has 4 nitrogen and oxygen atoms in total. The number of carbonyl (C=O) groups is 1. The van der Waals surface area contributed by atoms with Gasteiger partial charge >= 0.3 is 0 Å². The lowest BCUT2D eigenvalue weighted by Gasteiger charge is -1.98. The van der Waals surface area contributed by atoms with Crippen LogP contribution in [-0.4, -0.2) is 20.9 Å². The molecule has 88 valence electrons. The third kappa shape index (κ3) is 2.26. The van der Waals surface area contributed by atoms with Crippen molar-refractivity contribution >= 4 is 5.78 Å². The minimum Gasteiger partial charge on any atom is -0.390 e. The van der Waals surface area contributed by atoms with Crippen molar-refractivity contribution in [2.24, 2.45) is 0 Å². The van der Waals surface area contributed by atoms with Gasteiger partial charge in [0.2, 0.25) is 5.78 Å². The third-order valence-electron chi connectivity index (χ3n) is 2.67. The molecule has 1 heterocycles. The van der Waals surface area contributed by atoms with Crippen LogP contribution in [0.2, 0.25) is 0 Å². The zero-order chi connectivity index (χ0) is 12.4. The number of imidazole rings is 1. The standard InChI is InChI=1S/C13H14N2O2/c1-8-3-5-10(6-4-8)12(17)13-14-9(2)11(7-16)15-13/h3-6,16H,7H2,1-2H3,(H,14,15). The second-order valence-electron chi connectivity index (χ2n) is 4.00. The summed E-state index contributed by atoms with van der Waals surface area (Å²) < 4.78 is 0. The summed E-state index contributed by atoms with van der Waals surface area (Å²) in [7, 11) is 0. The van der Waals surface area contributed by atoms with Crippen LogP contribution in [-0.2, 0) is 6.61 Å². The van der Waals surface area contributed by atoms with Crippen LogP contribution in [0.15, 0.2) is 24.3 Å². The van der Waals surface area contributed by atoms with Crippen LogP contribution in [0.25, 0.3) is 0 Å². The number of aryl methyl sites for hydroxylation is 2. The molecule has 0 saturated heterocycles. The number of ketones is 1. The highest BCUT2D eigenvalue weighted by atomic mass is 16.3. The van der Waals surface area contributed by atoms with Crippen molar-refractivity contribution in [3.05, 3.63) is 52.6 Å². The Hall–Kier alpha value is -1.94. The van der Waals surface area contributed by atoms with Crippen LogP contribution < -0.4 is 0 Å². The van der Waals surface area contributed by atoms with E-state index in [0.29, 0.717) is 17.0 Å². The Morgan fingerprint density at radius 1 is 1.29 bits per heavy atom. The van der Waals surface area contributed by atoms with Crippen molar-refractivity contribution in [3.63, 3.8) is 0 Å². The van der Waals surface area contributed by atoms with Crippen LogP contribution in [0.3, 0.4) is 0 Å². The van der Waals surface area contributed by atoms with E-state index < -0.39 is 0 Å². The van der Waals surface area contributed by atoms with Crippen LogP contribution in [0.4, 0.5) is 0 Å². The van der Waals surface area contributed by atoms with E-state index in [1.165, 1.54) is 0 Å². The second kappa shape index (κ2) is 4.51. The molecule has 2 aromatic rings. The fourth-order valence-electron chi connectivity index (χ4n) is 1.60. The van der Waals surface area contributed by atoms with Gasteiger partial charge in [-0.3, -0.25) is 4.79 Å². The monoisotopic (exact) mass is 230 g/mol. The Kier molecular flexibility index (Phi) is 3.06. The highest BCUT2D eigenvalue weighted by Gasteiger charge is 2.14. The van der Waals surface area contributed by atoms with Crippen molar-refractivity contribution in [2.45, 2.75) is 20.5 Å². The first-order chi connectivity index (χ1) is 8.11. The van der Waals surface area contributed by atoms with E-state index in [9.17, 15) is 4.79 Å². The second-order valence-corrected chi connectivity index (χ2v) is 4.00. The minimum atomic E-state index is -0.159. The van der Waals surface area contributed by atoms with E-state index in [1.807, 2.05) is 19.1 Å². The number of aromatic amines is 1. The molecular formula is C13H14N2O2. The normalized spacial score (nSPS) is 10.5. The number of aromatic nitrogens is 2. The number of hydrogen-bond donors (Lipinski definition) is 2. The maximum absolute atomic E-state index is 12.1. The van der Waals surface area contributed by atoms with Gasteiger partial charge in [-0.25, -0.2) is 4.98 Å². The average molecular weight is 230 g/mol. The van der Waals surface area contributed by atoms with Crippen LogP contribution in [0.5, 0.6) is 0 Å². The predicted octanol–water partition coefficient (Wildman–Crippen LogP) is 1.75. The molecule has 0 atom stereocenters. The number of hydrogen-bond acceptors (Lipinski definition) is 3. The molecule has 2 rings (SSSR count). The summed E-state index contributed by atoms with van der Waals surface area (Å²) in [6.45, 7) is 3.59. The van der Waals surface area contributed by atoms with Gasteiger partial charge in [0.05, 0.1) is 18.0 Å². The lowest BCUT2D eigenvalue weighted by Crippen LogP contribution is -2.03. The summed E-state index contributed by atoms with van der Waals surface area (Å²) in [6.07, 6.45) is 0. The molecule has 0 bridgehead atoms. The smallest absolute Gasteiger partial charge is 0.228 e. The molecule has 0 aliphatic rings. The van der Waals surface area contributed by atoms with Gasteiger partial charge in [-0.05, 0) is 13.8 Å². The lowest BCUT2D eigenvalue weighted by atomic mass is 10.1. The molecule has 0 unspecified atom stereocenters. The largest absolute Gasteiger partial charge is 0.390 e. The van der Waals surface area contributed by atoms with Crippen molar-refractivity contribution in [1.82, 2.24) is 9.97 Å². The summed E-state index contributed by atoms with van der Waals surface area (Å²) in [4.78, 5) is 19.0. The van der Waals surface area contributed by atoms with Gasteiger partial charge < -0.3 is 10.1 Å². The predicted molar refractivity (Wildman–Crippen MR) is 63.9 cm³/mol. The Morgan fingerprint density at radius 3 is 2.47 bits per heavy atom. The number of aliphatic hydroxyl groups excluding tert-OH is 1. The molecule has 0 amide bonds. The fraction of sp³-hybridized carbons (Fsp3) is 0.231. The number of nitrogens with zero attached hydrogens (tertiary/aromatic N) is 1. The van der Waals surface area contributed by atoms with Crippen molar-refractivity contribution in [3.8, 4) is 0 Å². The first kappa shape index (κ1) is 11.5. The summed E-state index contributed by atoms with van der Waals surface area (Å²) in [6, 6.07) is 7.31. The number of aliphatic hydroxyl groups is 1. The van der Waals surface area contributed by atoms with Gasteiger partial charge in [0.25, 0.3) is 0 Å². The number of H-pyrrole nitrogens is 1. The number of nitrogens with one attached hydrogen (secondary N) is 1. The van der Waals surface area contributed by atoms with Gasteiger partial charge in [-0.2, -0.15) is 0 Å². The van der Waals surface area contributed by atoms with E-state index in [0.717, 1.165) is 5.56 Å². The number of carbonyl (C=O) groups excluding carboxylic acids is 1. The fourth-order valence-corrected chi connectivity index (χ4v) is 1.60. The van der Waals surface area contributed by atoms with E-state index in [1.54, 1.807) is 19.1 Å². The Bertz CT molecular complexity index is 541. The molecule has 1 aromatic heterocycles. The molecular weight excluding hydrogens is 216 g/mol. The summed E-state index contributed by atoms with van der Waals surface area (Å²) >= 11 is 0. The van der Waals surface area contributed by atoms with E-state index in [-0.39, 0.29) is 18.2 Å². The molecule has 0 saturated carbocycles. The summed E-state index contributed by atoms with van der Waals surface area (Å²) in [5.41, 5.74) is 2.94. The number of rotatable bonds is 3. The summed E-state index contributed by atoms with van der Waals surface area (Å²) in [5.74, 6) is 0.114. The Labute approximate surface area is 99.3 Å². The van der Waals surface area contributed by atoms with Crippen LogP contribution >= 0.6 is 0 Å². The maximum Gasteiger partial charge on any atom is 0.228 e. The van der Waals surface area contributed by atoms with Gasteiger partial charge in [-0.15, -0.1) is 0 Å². The van der Waals surface area contributed by atoms with Crippen molar-refractivity contribution in [1.29, 1.82) is 0 Å². The quantitative estimate of drug-likeness (QED) is 0.789. The Balaban J connectivity index is 2.33. The van der Waals surface area contributed by atoms with E-state index in [2.05, 4.69) is 9.97 Å². The molecule has 1 aromatic carbocycles. The molecule has 0 aliphatic heterocycles. The maximum atomic E-state index is 12.1. The molecule has 4 heteroatoms. The van der Waals surface area contributed by atoms with Gasteiger partial charge in [-0.1, -0.05) is 29.8 Å². The van der Waals surface area contributed by atoms with Crippen molar-refractivity contribution in [2.75, 3.05) is 0 Å². The first-order valence-electron chi connectivity index (χ1n) is 5.39. The first-order valence-corrected chi connectivity index (χ1v) is 5.39. The van der Waals surface area contributed by atoms with Crippen LogP contribution in [0, 0.1) is 13.8 Å². The molecule has 0 fully saturated rings. The highest BCUT2D eigenvalue weighted by molar-refractivity contribution is 6.06. The van der Waals surface area contributed by atoms with Gasteiger partial charge in [0, 0.05) is 5.56 Å². The SMILES string of the molecule is Cc1ccc(C(=O)c2nc(C)c(CO)[nH]2)cc1. The van der Waals surface area contributed by atoms with Crippen molar-refractivity contribution < 1.29 is 9.90 Å². The molecule has 0 spiro atoms. The summed E-state index contributed by atoms with van der Waals surface area (Å²) in [5, 5.41) is 9.04. The molecule has 0 radical (unpaired) electrons. The molecule has 0 aliphatic carbocycles. The van der Waals surface area contributed by atoms with Gasteiger partial charge in [0.15, 0.2) is 5.82 Å². The molecule has 17 heavy (non-hydrogen) atoms. The van der Waals surface area contributed by atoms with E-state index >= 15 is 0 Å². The van der Waals surface area contributed by atoms with Crippen LogP contribution in [0.1, 0.15) is 33.1 Å². The lowest BCUT2D eigenvalue weighted by molar-refractivity contribution is 0.103. The highest BCUT2D eigenvalue weighted by Crippen LogP contribution is 2.11. The zero-order valence-electron chi connectivity index (χ0n) is 9.82.